The van der Waals surface area contributed by atoms with Crippen molar-refractivity contribution in [3.8, 4) is 0 Å². The molecule has 1 amide bonds. The van der Waals surface area contributed by atoms with Gasteiger partial charge < -0.3 is 15.5 Å². The molecule has 3 rings (SSSR count). The van der Waals surface area contributed by atoms with Gasteiger partial charge in [0.25, 0.3) is 0 Å². The van der Waals surface area contributed by atoms with E-state index in [1.807, 2.05) is 25.4 Å². The third-order valence-electron chi connectivity index (χ3n) is 6.68. The Bertz CT molecular complexity index is 696. The Hall–Kier alpha value is -1.60. The van der Waals surface area contributed by atoms with E-state index in [1.165, 1.54) is 17.7 Å². The molecule has 1 aliphatic carbocycles. The van der Waals surface area contributed by atoms with Crippen molar-refractivity contribution in [3.05, 3.63) is 22.4 Å². The van der Waals surface area contributed by atoms with E-state index in [0.717, 1.165) is 51.3 Å². The number of carbonyl (C=O) groups is 1. The Morgan fingerprint density at radius 2 is 2.07 bits per heavy atom. The maximum Gasteiger partial charge on any atom is 0.230 e. The number of nitrogens with one attached hydrogen (secondary N) is 2. The van der Waals surface area contributed by atoms with Gasteiger partial charge in [0.2, 0.25) is 5.91 Å². The fourth-order valence-corrected chi connectivity index (χ4v) is 6.13. The van der Waals surface area contributed by atoms with Crippen molar-refractivity contribution in [1.82, 2.24) is 20.4 Å². The SMILES string of the molecule is CCNC(=NCC1(C(=O)N(C)C)CCCC1)NCC1CCCN(C)C1c1cccs1. The van der Waals surface area contributed by atoms with Crippen LogP contribution in [0.2, 0.25) is 0 Å². The number of hydrogen-bond donors (Lipinski definition) is 2. The number of amides is 1. The minimum atomic E-state index is -0.323. The normalized spacial score (nSPS) is 24.6. The molecule has 1 aromatic rings. The average molecular weight is 434 g/mol. The van der Waals surface area contributed by atoms with Crippen LogP contribution in [0.1, 0.15) is 56.4 Å². The standard InChI is InChI=1S/C23H39N5OS/c1-5-24-22(26-17-23(12-6-7-13-23)21(29)27(2)3)25-16-18-10-8-14-28(4)20(18)19-11-9-15-30-19/h9,11,15,18,20H,5-8,10,12-14,16-17H2,1-4H3,(H2,24,25,26). The molecule has 1 saturated carbocycles. The quantitative estimate of drug-likeness (QED) is 0.511. The van der Waals surface area contributed by atoms with Crippen LogP contribution in [0.3, 0.4) is 0 Å². The highest BCUT2D eigenvalue weighted by atomic mass is 32.1. The van der Waals surface area contributed by atoms with Gasteiger partial charge in [0, 0.05) is 38.1 Å². The Kier molecular flexibility index (Phi) is 8.17. The Morgan fingerprint density at radius 3 is 2.70 bits per heavy atom. The summed E-state index contributed by atoms with van der Waals surface area (Å²) >= 11 is 1.86. The molecular formula is C23H39N5OS. The fraction of sp³-hybridized carbons (Fsp3) is 0.739. The third kappa shape index (κ3) is 5.35. The second kappa shape index (κ2) is 10.6. The molecule has 1 saturated heterocycles. The topological polar surface area (TPSA) is 60.0 Å². The van der Waals surface area contributed by atoms with Gasteiger partial charge in [-0.3, -0.25) is 14.7 Å². The minimum Gasteiger partial charge on any atom is -0.357 e. The highest BCUT2D eigenvalue weighted by Gasteiger charge is 2.42. The van der Waals surface area contributed by atoms with Gasteiger partial charge in [-0.15, -0.1) is 11.3 Å². The first kappa shape index (κ1) is 23.1. The summed E-state index contributed by atoms with van der Waals surface area (Å²) in [6, 6.07) is 4.88. The van der Waals surface area contributed by atoms with Crippen LogP contribution in [0.5, 0.6) is 0 Å². The number of guanidine groups is 1. The molecule has 2 atom stereocenters. The first-order valence-corrected chi connectivity index (χ1v) is 12.3. The summed E-state index contributed by atoms with van der Waals surface area (Å²) in [4.78, 5) is 23.4. The number of hydrogen-bond acceptors (Lipinski definition) is 4. The van der Waals surface area contributed by atoms with Crippen molar-refractivity contribution < 1.29 is 4.79 Å². The highest BCUT2D eigenvalue weighted by Crippen LogP contribution is 2.40. The smallest absolute Gasteiger partial charge is 0.230 e. The van der Waals surface area contributed by atoms with Gasteiger partial charge >= 0.3 is 0 Å². The Labute approximate surface area is 186 Å². The molecule has 2 unspecified atom stereocenters. The molecule has 2 heterocycles. The van der Waals surface area contributed by atoms with E-state index >= 15 is 0 Å². The van der Waals surface area contributed by atoms with Crippen LogP contribution >= 0.6 is 11.3 Å². The molecule has 1 aromatic heterocycles. The van der Waals surface area contributed by atoms with Gasteiger partial charge in [-0.05, 0) is 63.6 Å². The summed E-state index contributed by atoms with van der Waals surface area (Å²) in [6.45, 7) is 5.53. The van der Waals surface area contributed by atoms with E-state index in [1.54, 1.807) is 4.90 Å². The second-order valence-electron chi connectivity index (χ2n) is 9.11. The van der Waals surface area contributed by atoms with Crippen molar-refractivity contribution in [3.63, 3.8) is 0 Å². The van der Waals surface area contributed by atoms with Gasteiger partial charge in [0.15, 0.2) is 5.96 Å². The number of thiophene rings is 1. The molecule has 6 nitrogen and oxygen atoms in total. The molecule has 0 aromatic carbocycles. The van der Waals surface area contributed by atoms with E-state index in [-0.39, 0.29) is 11.3 Å². The molecular weight excluding hydrogens is 394 g/mol. The summed E-state index contributed by atoms with van der Waals surface area (Å²) in [5.74, 6) is 1.62. The van der Waals surface area contributed by atoms with E-state index < -0.39 is 0 Å². The van der Waals surface area contributed by atoms with Crippen molar-refractivity contribution >= 4 is 23.2 Å². The van der Waals surface area contributed by atoms with Crippen molar-refractivity contribution in [1.29, 1.82) is 0 Å². The molecule has 2 N–H and O–H groups in total. The highest BCUT2D eigenvalue weighted by molar-refractivity contribution is 7.10. The lowest BCUT2D eigenvalue weighted by atomic mass is 9.85. The molecule has 30 heavy (non-hydrogen) atoms. The lowest BCUT2D eigenvalue weighted by Crippen LogP contribution is -2.46. The predicted octanol–water partition coefficient (Wildman–Crippen LogP) is 3.33. The third-order valence-corrected chi connectivity index (χ3v) is 7.62. The molecule has 2 aliphatic rings. The number of likely N-dealkylation sites (tertiary alicyclic amines) is 1. The van der Waals surface area contributed by atoms with E-state index in [9.17, 15) is 4.79 Å². The van der Waals surface area contributed by atoms with Crippen LogP contribution in [0.4, 0.5) is 0 Å². The van der Waals surface area contributed by atoms with Crippen LogP contribution in [0.15, 0.2) is 22.5 Å². The zero-order chi connectivity index (χ0) is 21.6. The van der Waals surface area contributed by atoms with Gasteiger partial charge in [-0.1, -0.05) is 18.9 Å². The van der Waals surface area contributed by atoms with Crippen LogP contribution < -0.4 is 10.6 Å². The van der Waals surface area contributed by atoms with Crippen LogP contribution in [0.25, 0.3) is 0 Å². The number of carbonyl (C=O) groups excluding carboxylic acids is 1. The molecule has 7 heteroatoms. The molecule has 168 valence electrons. The molecule has 2 fully saturated rings. The maximum atomic E-state index is 12.9. The van der Waals surface area contributed by atoms with E-state index in [4.69, 9.17) is 4.99 Å². The summed E-state index contributed by atoms with van der Waals surface area (Å²) in [6.07, 6.45) is 6.59. The van der Waals surface area contributed by atoms with E-state index in [2.05, 4.69) is 47.0 Å². The molecule has 1 aliphatic heterocycles. The van der Waals surface area contributed by atoms with Gasteiger partial charge in [0.05, 0.1) is 12.0 Å². The Morgan fingerprint density at radius 1 is 1.30 bits per heavy atom. The van der Waals surface area contributed by atoms with Crippen LogP contribution in [0, 0.1) is 11.3 Å². The zero-order valence-electron chi connectivity index (χ0n) is 19.1. The van der Waals surface area contributed by atoms with Gasteiger partial charge in [-0.2, -0.15) is 0 Å². The predicted molar refractivity (Wildman–Crippen MR) is 126 cm³/mol. The van der Waals surface area contributed by atoms with E-state index in [0.29, 0.717) is 18.5 Å². The summed E-state index contributed by atoms with van der Waals surface area (Å²) < 4.78 is 0. The second-order valence-corrected chi connectivity index (χ2v) is 10.1. The van der Waals surface area contributed by atoms with Gasteiger partial charge in [0.1, 0.15) is 0 Å². The Balaban J connectivity index is 1.68. The number of nitrogens with zero attached hydrogens (tertiary/aromatic N) is 3. The number of piperidine rings is 1. The van der Waals surface area contributed by atoms with Crippen LogP contribution in [-0.4, -0.2) is 69.0 Å². The molecule has 0 radical (unpaired) electrons. The lowest BCUT2D eigenvalue weighted by molar-refractivity contribution is -0.138. The van der Waals surface area contributed by atoms with Gasteiger partial charge in [-0.25, -0.2) is 0 Å². The fourth-order valence-electron chi connectivity index (χ4n) is 5.15. The lowest BCUT2D eigenvalue weighted by Gasteiger charge is -2.39. The zero-order valence-corrected chi connectivity index (χ0v) is 19.9. The first-order chi connectivity index (χ1) is 14.5. The molecule has 0 spiro atoms. The van der Waals surface area contributed by atoms with Crippen LogP contribution in [-0.2, 0) is 4.79 Å². The van der Waals surface area contributed by atoms with Crippen molar-refractivity contribution in [2.24, 2.45) is 16.3 Å². The summed E-state index contributed by atoms with van der Waals surface area (Å²) in [5.41, 5.74) is -0.323. The molecule has 0 bridgehead atoms. The minimum absolute atomic E-state index is 0.228. The summed E-state index contributed by atoms with van der Waals surface area (Å²) in [5, 5.41) is 9.18. The first-order valence-electron chi connectivity index (χ1n) is 11.4. The van der Waals surface area contributed by atoms with Crippen molar-refractivity contribution in [2.75, 3.05) is 47.3 Å². The number of rotatable bonds is 7. The monoisotopic (exact) mass is 433 g/mol. The number of aliphatic imine (C=N–C) groups is 1. The van der Waals surface area contributed by atoms with Crippen molar-refractivity contribution in [2.45, 2.75) is 51.5 Å². The summed E-state index contributed by atoms with van der Waals surface area (Å²) in [7, 11) is 5.96. The maximum absolute atomic E-state index is 12.9. The average Bonchev–Trinajstić information content (AvgIpc) is 3.42. The largest absolute Gasteiger partial charge is 0.357 e.